The molecule has 0 aliphatic heterocycles. The molecule has 0 saturated heterocycles. The van der Waals surface area contributed by atoms with E-state index in [4.69, 9.17) is 16.0 Å². The number of thiazole rings is 1. The predicted octanol–water partition coefficient (Wildman–Crippen LogP) is 5.52. The van der Waals surface area contributed by atoms with Crippen LogP contribution in [0.25, 0.3) is 10.2 Å². The topological polar surface area (TPSA) is 46.3 Å². The molecule has 0 N–H and O–H groups in total. The molecule has 0 atom stereocenters. The fourth-order valence-corrected chi connectivity index (χ4v) is 4.61. The van der Waals surface area contributed by atoms with Gasteiger partial charge < -0.3 is 4.42 Å². The van der Waals surface area contributed by atoms with Crippen LogP contribution in [0, 0.1) is 5.82 Å². The Morgan fingerprint density at radius 2 is 2.08 bits per heavy atom. The minimum Gasteiger partial charge on any atom is -0.467 e. The van der Waals surface area contributed by atoms with Gasteiger partial charge in [-0.2, -0.15) is 0 Å². The summed E-state index contributed by atoms with van der Waals surface area (Å²) in [7, 11) is 0. The van der Waals surface area contributed by atoms with Crippen LogP contribution in [-0.4, -0.2) is 10.9 Å². The molecule has 8 heteroatoms. The van der Waals surface area contributed by atoms with E-state index < -0.39 is 5.82 Å². The lowest BCUT2D eigenvalue weighted by Crippen LogP contribution is -2.31. The summed E-state index contributed by atoms with van der Waals surface area (Å²) < 4.78 is 20.7. The summed E-state index contributed by atoms with van der Waals surface area (Å²) in [5.74, 6) is 0.0714. The molecular formula is C18H12ClFN2O2S2. The van der Waals surface area contributed by atoms with Gasteiger partial charge in [-0.05, 0) is 36.4 Å². The zero-order valence-electron chi connectivity index (χ0n) is 13.3. The van der Waals surface area contributed by atoms with Crippen molar-refractivity contribution in [3.63, 3.8) is 0 Å². The lowest BCUT2D eigenvalue weighted by Gasteiger charge is -2.18. The molecule has 4 rings (SSSR count). The summed E-state index contributed by atoms with van der Waals surface area (Å²) in [4.78, 5) is 19.7. The van der Waals surface area contributed by atoms with Crippen LogP contribution in [0.1, 0.15) is 10.6 Å². The fourth-order valence-electron chi connectivity index (χ4n) is 2.53. The van der Waals surface area contributed by atoms with Crippen molar-refractivity contribution < 1.29 is 13.6 Å². The second-order valence-corrected chi connectivity index (χ2v) is 8.33. The Kier molecular flexibility index (Phi) is 4.76. The molecule has 0 unspecified atom stereocenters. The number of carbonyl (C=O) groups excluding carboxylic acids is 1. The van der Waals surface area contributed by atoms with Gasteiger partial charge in [0.2, 0.25) is 5.91 Å². The van der Waals surface area contributed by atoms with E-state index in [1.165, 1.54) is 33.6 Å². The largest absolute Gasteiger partial charge is 0.467 e. The third-order valence-electron chi connectivity index (χ3n) is 3.74. The molecule has 4 nitrogen and oxygen atoms in total. The lowest BCUT2D eigenvalue weighted by molar-refractivity contribution is -0.118. The van der Waals surface area contributed by atoms with E-state index in [-0.39, 0.29) is 24.4 Å². The van der Waals surface area contributed by atoms with Gasteiger partial charge >= 0.3 is 0 Å². The lowest BCUT2D eigenvalue weighted by atomic mass is 10.3. The Bertz CT molecular complexity index is 1060. The number of aromatic nitrogens is 1. The van der Waals surface area contributed by atoms with Crippen LogP contribution in [-0.2, 0) is 17.8 Å². The summed E-state index contributed by atoms with van der Waals surface area (Å²) in [6.45, 7) is 0.229. The quantitative estimate of drug-likeness (QED) is 0.438. The molecule has 0 fully saturated rings. The van der Waals surface area contributed by atoms with Crippen molar-refractivity contribution >= 4 is 55.5 Å². The van der Waals surface area contributed by atoms with Gasteiger partial charge in [-0.25, -0.2) is 9.37 Å². The number of fused-ring (bicyclic) bond motifs is 1. The monoisotopic (exact) mass is 406 g/mol. The van der Waals surface area contributed by atoms with Crippen LogP contribution in [0.5, 0.6) is 0 Å². The zero-order chi connectivity index (χ0) is 18.1. The number of hydrogen-bond acceptors (Lipinski definition) is 5. The molecule has 1 aromatic carbocycles. The molecule has 132 valence electrons. The number of hydrogen-bond donors (Lipinski definition) is 0. The number of nitrogens with zero attached hydrogens (tertiary/aromatic N) is 2. The van der Waals surface area contributed by atoms with Gasteiger partial charge in [-0.15, -0.1) is 11.3 Å². The van der Waals surface area contributed by atoms with Crippen molar-refractivity contribution in [2.45, 2.75) is 13.0 Å². The Hall–Kier alpha value is -2.22. The normalized spacial score (nSPS) is 11.2. The van der Waals surface area contributed by atoms with E-state index in [9.17, 15) is 9.18 Å². The molecule has 0 aliphatic carbocycles. The predicted molar refractivity (Wildman–Crippen MR) is 103 cm³/mol. The first-order valence-electron chi connectivity index (χ1n) is 7.72. The van der Waals surface area contributed by atoms with E-state index in [0.717, 1.165) is 4.88 Å². The highest BCUT2D eigenvalue weighted by molar-refractivity contribution is 7.22. The molecule has 0 radical (unpaired) electrons. The van der Waals surface area contributed by atoms with Crippen molar-refractivity contribution in [1.82, 2.24) is 4.98 Å². The molecule has 0 saturated carbocycles. The summed E-state index contributed by atoms with van der Waals surface area (Å²) in [6.07, 6.45) is 1.74. The van der Waals surface area contributed by atoms with Gasteiger partial charge in [0.25, 0.3) is 0 Å². The number of benzene rings is 1. The molecule has 4 aromatic rings. The number of halogens is 2. The first-order valence-corrected chi connectivity index (χ1v) is 9.73. The summed E-state index contributed by atoms with van der Waals surface area (Å²) >= 11 is 8.59. The van der Waals surface area contributed by atoms with Gasteiger partial charge in [0, 0.05) is 4.88 Å². The smallest absolute Gasteiger partial charge is 0.234 e. The van der Waals surface area contributed by atoms with Gasteiger partial charge in [0.05, 0.1) is 28.3 Å². The van der Waals surface area contributed by atoms with Gasteiger partial charge in [-0.3, -0.25) is 9.69 Å². The molecule has 0 spiro atoms. The van der Waals surface area contributed by atoms with Crippen LogP contribution in [0.2, 0.25) is 4.34 Å². The second-order valence-electron chi connectivity index (χ2n) is 5.52. The van der Waals surface area contributed by atoms with Crippen LogP contribution in [0.3, 0.4) is 0 Å². The van der Waals surface area contributed by atoms with E-state index >= 15 is 0 Å². The van der Waals surface area contributed by atoms with E-state index in [1.807, 2.05) is 6.07 Å². The van der Waals surface area contributed by atoms with Crippen molar-refractivity contribution in [2.24, 2.45) is 0 Å². The van der Waals surface area contributed by atoms with Crippen LogP contribution in [0.4, 0.5) is 9.52 Å². The number of anilines is 1. The molecule has 26 heavy (non-hydrogen) atoms. The van der Waals surface area contributed by atoms with Gasteiger partial charge in [-0.1, -0.05) is 29.0 Å². The van der Waals surface area contributed by atoms with Crippen LogP contribution >= 0.6 is 34.3 Å². The minimum absolute atomic E-state index is 0.153. The average Bonchev–Trinajstić information content (AvgIpc) is 3.34. The Labute approximate surface area is 161 Å². The maximum atomic E-state index is 14.0. The number of para-hydroxylation sites is 1. The zero-order valence-corrected chi connectivity index (χ0v) is 15.7. The molecule has 0 aliphatic rings. The number of thiophene rings is 1. The highest BCUT2D eigenvalue weighted by atomic mass is 35.5. The van der Waals surface area contributed by atoms with E-state index in [1.54, 1.807) is 36.6 Å². The molecular weight excluding hydrogens is 395 g/mol. The third kappa shape index (κ3) is 3.51. The molecule has 3 heterocycles. The maximum Gasteiger partial charge on any atom is 0.234 e. The van der Waals surface area contributed by atoms with Crippen molar-refractivity contribution in [1.29, 1.82) is 0 Å². The highest BCUT2D eigenvalue weighted by Crippen LogP contribution is 2.32. The average molecular weight is 407 g/mol. The van der Waals surface area contributed by atoms with E-state index in [2.05, 4.69) is 4.98 Å². The first kappa shape index (κ1) is 17.2. The van der Waals surface area contributed by atoms with Crippen molar-refractivity contribution in [2.75, 3.05) is 4.90 Å². The SMILES string of the molecule is O=C(Cc1ccc(Cl)s1)N(Cc1ccco1)c1nc2c(F)cccc2s1. The molecule has 3 aromatic heterocycles. The molecule has 1 amide bonds. The Morgan fingerprint density at radius 3 is 2.77 bits per heavy atom. The maximum absolute atomic E-state index is 14.0. The molecule has 0 bridgehead atoms. The number of furan rings is 1. The summed E-state index contributed by atoms with van der Waals surface area (Å²) in [5.41, 5.74) is 0.268. The Balaban J connectivity index is 1.69. The van der Waals surface area contributed by atoms with Crippen LogP contribution < -0.4 is 4.90 Å². The number of amides is 1. The van der Waals surface area contributed by atoms with E-state index in [0.29, 0.717) is 19.9 Å². The summed E-state index contributed by atoms with van der Waals surface area (Å²) in [5, 5.41) is 0.439. The van der Waals surface area contributed by atoms with Crippen LogP contribution in [0.15, 0.2) is 53.1 Å². The standard InChI is InChI=1S/C18H12ClFN2O2S2/c19-15-7-6-12(25-15)9-16(23)22(10-11-3-2-8-24-11)18-21-17-13(20)4-1-5-14(17)26-18/h1-8H,9-10H2. The van der Waals surface area contributed by atoms with Crippen molar-refractivity contribution in [3.05, 3.63) is 69.5 Å². The third-order valence-corrected chi connectivity index (χ3v) is 6.01. The van der Waals surface area contributed by atoms with Gasteiger partial charge in [0.1, 0.15) is 17.1 Å². The van der Waals surface area contributed by atoms with Crippen molar-refractivity contribution in [3.8, 4) is 0 Å². The number of carbonyl (C=O) groups is 1. The fraction of sp³-hybridized carbons (Fsp3) is 0.111. The minimum atomic E-state index is -0.402. The van der Waals surface area contributed by atoms with Gasteiger partial charge in [0.15, 0.2) is 5.13 Å². The first-order chi connectivity index (χ1) is 12.6. The number of rotatable bonds is 5. The highest BCUT2D eigenvalue weighted by Gasteiger charge is 2.22. The Morgan fingerprint density at radius 1 is 1.19 bits per heavy atom. The summed E-state index contributed by atoms with van der Waals surface area (Å²) in [6, 6.07) is 11.9. The second kappa shape index (κ2) is 7.19.